The minimum atomic E-state index is -0.101. The van der Waals surface area contributed by atoms with Crippen LogP contribution in [0.4, 0.5) is 5.69 Å². The summed E-state index contributed by atoms with van der Waals surface area (Å²) in [5.41, 5.74) is 4.69. The molecule has 2 rings (SSSR count). The maximum Gasteiger partial charge on any atom is 0.128 e. The normalized spacial score (nSPS) is 12.5. The van der Waals surface area contributed by atoms with Crippen LogP contribution in [0, 0.1) is 6.92 Å². The van der Waals surface area contributed by atoms with Crippen LogP contribution in [0.2, 0.25) is 0 Å². The zero-order valence-corrected chi connectivity index (χ0v) is 14.1. The molecule has 0 aliphatic rings. The Morgan fingerprint density at radius 1 is 1.09 bits per heavy atom. The van der Waals surface area contributed by atoms with Gasteiger partial charge in [-0.05, 0) is 42.5 Å². The average molecular weight is 295 g/mol. The van der Waals surface area contributed by atoms with Gasteiger partial charge in [0.05, 0.1) is 11.4 Å². The number of hydrogen-bond acceptors (Lipinski definition) is 2. The predicted molar refractivity (Wildman–Crippen MR) is 94.5 cm³/mol. The van der Waals surface area contributed by atoms with Gasteiger partial charge in [0.15, 0.2) is 0 Å². The van der Waals surface area contributed by atoms with E-state index in [1.807, 2.05) is 36.4 Å². The molecule has 0 heterocycles. The Morgan fingerprint density at radius 2 is 1.73 bits per heavy atom. The molecule has 2 aromatic rings. The molecule has 0 amide bonds. The Morgan fingerprint density at radius 3 is 2.27 bits per heavy atom. The number of aromatic hydroxyl groups is 1. The first-order valence-corrected chi connectivity index (χ1v) is 7.80. The molecule has 0 bridgehead atoms. The van der Waals surface area contributed by atoms with E-state index in [0.717, 1.165) is 34.5 Å². The highest BCUT2D eigenvalue weighted by molar-refractivity contribution is 6.04. The Balaban J connectivity index is 2.60. The lowest BCUT2D eigenvalue weighted by molar-refractivity contribution is 0.445. The summed E-state index contributed by atoms with van der Waals surface area (Å²) in [5.74, 6) is 0.356. The maximum atomic E-state index is 10.7. The van der Waals surface area contributed by atoms with E-state index in [2.05, 4.69) is 40.7 Å². The van der Waals surface area contributed by atoms with Crippen molar-refractivity contribution in [2.24, 2.45) is 4.99 Å². The summed E-state index contributed by atoms with van der Waals surface area (Å²) in [6, 6.07) is 14.0. The summed E-state index contributed by atoms with van der Waals surface area (Å²) in [4.78, 5) is 4.73. The molecule has 1 N–H and O–H groups in total. The van der Waals surface area contributed by atoms with Crippen LogP contribution in [0.25, 0.3) is 0 Å². The molecule has 0 atom stereocenters. The molecule has 0 aliphatic carbocycles. The molecule has 0 spiro atoms. The van der Waals surface area contributed by atoms with Gasteiger partial charge in [0.1, 0.15) is 5.75 Å². The van der Waals surface area contributed by atoms with Crippen molar-refractivity contribution >= 4 is 11.4 Å². The van der Waals surface area contributed by atoms with Crippen LogP contribution in [-0.4, -0.2) is 10.8 Å². The van der Waals surface area contributed by atoms with Crippen molar-refractivity contribution in [3.63, 3.8) is 0 Å². The molecule has 2 nitrogen and oxygen atoms in total. The number of phenols is 1. The summed E-state index contributed by atoms with van der Waals surface area (Å²) in [7, 11) is 0. The molecule has 0 saturated heterocycles. The summed E-state index contributed by atoms with van der Waals surface area (Å²) >= 11 is 0. The van der Waals surface area contributed by atoms with Crippen LogP contribution >= 0.6 is 0 Å². The van der Waals surface area contributed by atoms with Crippen molar-refractivity contribution < 1.29 is 5.11 Å². The first kappa shape index (κ1) is 16.3. The van der Waals surface area contributed by atoms with Crippen LogP contribution in [0.1, 0.15) is 50.8 Å². The summed E-state index contributed by atoms with van der Waals surface area (Å²) in [6.45, 7) is 10.5. The van der Waals surface area contributed by atoms with Crippen molar-refractivity contribution in [3.8, 4) is 5.75 Å². The molecule has 2 heteroatoms. The SMILES string of the molecule is CCC(=Nc1ccccc1)c1cc(C)cc(C(C)(C)C)c1O. The first-order valence-electron chi connectivity index (χ1n) is 7.80. The van der Waals surface area contributed by atoms with Gasteiger partial charge in [-0.15, -0.1) is 0 Å². The number of aliphatic imine (C=N–C) groups is 1. The van der Waals surface area contributed by atoms with E-state index < -0.39 is 0 Å². The zero-order valence-electron chi connectivity index (χ0n) is 14.1. The fourth-order valence-electron chi connectivity index (χ4n) is 2.56. The average Bonchev–Trinajstić information content (AvgIpc) is 2.47. The van der Waals surface area contributed by atoms with Gasteiger partial charge in [-0.1, -0.05) is 52.0 Å². The monoisotopic (exact) mass is 295 g/mol. The van der Waals surface area contributed by atoms with Crippen molar-refractivity contribution in [1.29, 1.82) is 0 Å². The quantitative estimate of drug-likeness (QED) is 0.742. The van der Waals surface area contributed by atoms with Gasteiger partial charge in [-0.25, -0.2) is 0 Å². The van der Waals surface area contributed by atoms with Gasteiger partial charge in [-0.3, -0.25) is 4.99 Å². The Hall–Kier alpha value is -2.09. The fraction of sp³-hybridized carbons (Fsp3) is 0.350. The smallest absolute Gasteiger partial charge is 0.128 e. The van der Waals surface area contributed by atoms with E-state index in [0.29, 0.717) is 5.75 Å². The third-order valence-corrected chi connectivity index (χ3v) is 3.73. The third-order valence-electron chi connectivity index (χ3n) is 3.73. The Bertz CT molecular complexity index is 679. The molecule has 2 aromatic carbocycles. The maximum absolute atomic E-state index is 10.7. The highest BCUT2D eigenvalue weighted by atomic mass is 16.3. The van der Waals surface area contributed by atoms with Crippen molar-refractivity contribution in [2.45, 2.75) is 46.5 Å². The van der Waals surface area contributed by atoms with E-state index in [4.69, 9.17) is 4.99 Å². The van der Waals surface area contributed by atoms with Gasteiger partial charge >= 0.3 is 0 Å². The molecule has 116 valence electrons. The molecule has 0 unspecified atom stereocenters. The van der Waals surface area contributed by atoms with Crippen LogP contribution in [-0.2, 0) is 5.41 Å². The standard InChI is InChI=1S/C20H25NO/c1-6-18(21-15-10-8-7-9-11-15)16-12-14(2)13-17(19(16)22)20(3,4)5/h7-13,22H,6H2,1-5H3. The van der Waals surface area contributed by atoms with Gasteiger partial charge in [0.25, 0.3) is 0 Å². The second-order valence-electron chi connectivity index (χ2n) is 6.71. The number of para-hydroxylation sites is 1. The molecule has 0 saturated carbocycles. The number of nitrogens with zero attached hydrogens (tertiary/aromatic N) is 1. The van der Waals surface area contributed by atoms with Crippen molar-refractivity contribution in [2.75, 3.05) is 0 Å². The van der Waals surface area contributed by atoms with E-state index in [-0.39, 0.29) is 5.41 Å². The minimum Gasteiger partial charge on any atom is -0.507 e. The molecular weight excluding hydrogens is 270 g/mol. The molecule has 0 fully saturated rings. The van der Waals surface area contributed by atoms with Crippen LogP contribution in [0.15, 0.2) is 47.5 Å². The first-order chi connectivity index (χ1) is 10.3. The summed E-state index contributed by atoms with van der Waals surface area (Å²) in [6.07, 6.45) is 0.773. The van der Waals surface area contributed by atoms with Crippen molar-refractivity contribution in [1.82, 2.24) is 0 Å². The Labute approximate surface area is 133 Å². The molecule has 0 aliphatic heterocycles. The molecular formula is C20H25NO. The number of benzene rings is 2. The third kappa shape index (κ3) is 3.56. The zero-order chi connectivity index (χ0) is 16.3. The summed E-state index contributed by atoms with van der Waals surface area (Å²) in [5, 5.41) is 10.7. The highest BCUT2D eigenvalue weighted by Crippen LogP contribution is 2.35. The van der Waals surface area contributed by atoms with Crippen molar-refractivity contribution in [3.05, 3.63) is 59.2 Å². The second-order valence-corrected chi connectivity index (χ2v) is 6.71. The minimum absolute atomic E-state index is 0.101. The van der Waals surface area contributed by atoms with Crippen LogP contribution < -0.4 is 0 Å². The summed E-state index contributed by atoms with van der Waals surface area (Å²) < 4.78 is 0. The number of hydrogen-bond donors (Lipinski definition) is 1. The number of phenolic OH excluding ortho intramolecular Hbond substituents is 1. The van der Waals surface area contributed by atoms with Gasteiger partial charge in [-0.2, -0.15) is 0 Å². The van der Waals surface area contributed by atoms with E-state index >= 15 is 0 Å². The lowest BCUT2D eigenvalue weighted by Crippen LogP contribution is -2.14. The fourth-order valence-corrected chi connectivity index (χ4v) is 2.56. The lowest BCUT2D eigenvalue weighted by Gasteiger charge is -2.23. The largest absolute Gasteiger partial charge is 0.507 e. The highest BCUT2D eigenvalue weighted by Gasteiger charge is 2.22. The second kappa shape index (κ2) is 6.35. The molecule has 0 aromatic heterocycles. The van der Waals surface area contributed by atoms with E-state index in [1.165, 1.54) is 0 Å². The predicted octanol–water partition coefficient (Wildman–Crippen LogP) is 5.53. The van der Waals surface area contributed by atoms with E-state index in [9.17, 15) is 5.11 Å². The van der Waals surface area contributed by atoms with Crippen LogP contribution in [0.5, 0.6) is 5.75 Å². The Kier molecular flexibility index (Phi) is 4.70. The van der Waals surface area contributed by atoms with E-state index in [1.54, 1.807) is 0 Å². The number of rotatable bonds is 3. The molecule has 22 heavy (non-hydrogen) atoms. The van der Waals surface area contributed by atoms with Gasteiger partial charge in [0.2, 0.25) is 0 Å². The van der Waals surface area contributed by atoms with Crippen LogP contribution in [0.3, 0.4) is 0 Å². The van der Waals surface area contributed by atoms with Gasteiger partial charge in [0, 0.05) is 11.1 Å². The lowest BCUT2D eigenvalue weighted by atomic mass is 9.83. The number of aryl methyl sites for hydroxylation is 1. The topological polar surface area (TPSA) is 32.6 Å². The molecule has 0 radical (unpaired) electrons. The van der Waals surface area contributed by atoms with Gasteiger partial charge < -0.3 is 5.11 Å².